The van der Waals surface area contributed by atoms with Gasteiger partial charge in [0.25, 0.3) is 0 Å². The van der Waals surface area contributed by atoms with Crippen molar-refractivity contribution in [2.45, 2.75) is 19.5 Å². The highest BCUT2D eigenvalue weighted by Gasteiger charge is 2.37. The van der Waals surface area contributed by atoms with Crippen molar-refractivity contribution < 1.29 is 23.1 Å². The Bertz CT molecular complexity index is 725. The van der Waals surface area contributed by atoms with Gasteiger partial charge in [-0.25, -0.2) is 13.2 Å². The Morgan fingerprint density at radius 1 is 1.19 bits per heavy atom. The average Bonchev–Trinajstić information content (AvgIpc) is 2.99. The van der Waals surface area contributed by atoms with E-state index in [0.717, 1.165) is 11.1 Å². The van der Waals surface area contributed by atoms with Crippen molar-refractivity contribution in [3.63, 3.8) is 0 Å². The average molecular weight is 309 g/mol. The first-order valence-corrected chi connectivity index (χ1v) is 8.52. The Hall–Kier alpha value is -1.89. The molecule has 1 saturated heterocycles. The zero-order chi connectivity index (χ0) is 15.2. The topological polar surface area (TPSA) is 91.8 Å². The molecule has 1 amide bonds. The number of carbonyl (C=O) groups is 2. The van der Waals surface area contributed by atoms with Gasteiger partial charge in [0.15, 0.2) is 9.84 Å². The first-order valence-electron chi connectivity index (χ1n) is 6.70. The van der Waals surface area contributed by atoms with Crippen LogP contribution in [0.1, 0.15) is 27.9 Å². The van der Waals surface area contributed by atoms with Crippen LogP contribution in [0.15, 0.2) is 18.2 Å². The van der Waals surface area contributed by atoms with E-state index in [1.54, 1.807) is 17.0 Å². The maximum absolute atomic E-state index is 12.4. The molecular formula is C14H15NO5S. The molecule has 0 spiro atoms. The Kier molecular flexibility index (Phi) is 3.24. The lowest BCUT2D eigenvalue weighted by atomic mass is 10.1. The molecule has 1 aromatic rings. The smallest absolute Gasteiger partial charge is 0.335 e. The molecule has 0 aliphatic carbocycles. The lowest BCUT2D eigenvalue weighted by Gasteiger charge is -2.18. The van der Waals surface area contributed by atoms with Gasteiger partial charge >= 0.3 is 5.97 Å². The normalized spacial score (nSPS) is 23.0. The predicted molar refractivity (Wildman–Crippen MR) is 74.4 cm³/mol. The van der Waals surface area contributed by atoms with Gasteiger partial charge < -0.3 is 10.0 Å². The van der Waals surface area contributed by atoms with Crippen LogP contribution >= 0.6 is 0 Å². The molecule has 7 heteroatoms. The van der Waals surface area contributed by atoms with Crippen molar-refractivity contribution >= 4 is 21.7 Å². The van der Waals surface area contributed by atoms with Crippen LogP contribution in [0.2, 0.25) is 0 Å². The van der Waals surface area contributed by atoms with E-state index in [-0.39, 0.29) is 23.0 Å². The van der Waals surface area contributed by atoms with Crippen molar-refractivity contribution in [1.82, 2.24) is 4.90 Å². The van der Waals surface area contributed by atoms with E-state index in [0.29, 0.717) is 19.5 Å². The number of sulfone groups is 1. The monoisotopic (exact) mass is 309 g/mol. The summed E-state index contributed by atoms with van der Waals surface area (Å²) in [6.45, 7) is 0.774. The van der Waals surface area contributed by atoms with Crippen LogP contribution in [0.5, 0.6) is 0 Å². The van der Waals surface area contributed by atoms with Gasteiger partial charge in [0.2, 0.25) is 5.91 Å². The summed E-state index contributed by atoms with van der Waals surface area (Å²) in [5.41, 5.74) is 1.95. The molecular weight excluding hydrogens is 294 g/mol. The second kappa shape index (κ2) is 4.84. The number of rotatable bonds is 2. The van der Waals surface area contributed by atoms with Crippen LogP contribution in [0.3, 0.4) is 0 Å². The number of carboxylic acids is 1. The number of hydrogen-bond acceptors (Lipinski definition) is 4. The van der Waals surface area contributed by atoms with Crippen LogP contribution in [0.25, 0.3) is 0 Å². The predicted octanol–water partition coefficient (Wildman–Crippen LogP) is 0.662. The summed E-state index contributed by atoms with van der Waals surface area (Å²) in [6.07, 6.45) is 0.383. The minimum Gasteiger partial charge on any atom is -0.478 e. The van der Waals surface area contributed by atoms with E-state index in [1.807, 2.05) is 0 Å². The Balaban J connectivity index is 1.75. The summed E-state index contributed by atoms with van der Waals surface area (Å²) in [6, 6.07) is 4.82. The molecule has 0 saturated carbocycles. The Morgan fingerprint density at radius 2 is 1.90 bits per heavy atom. The molecule has 1 fully saturated rings. The van der Waals surface area contributed by atoms with Crippen molar-refractivity contribution in [2.75, 3.05) is 11.5 Å². The highest BCUT2D eigenvalue weighted by Crippen LogP contribution is 2.28. The van der Waals surface area contributed by atoms with E-state index in [9.17, 15) is 18.0 Å². The molecule has 2 heterocycles. The third kappa shape index (κ3) is 2.65. The zero-order valence-electron chi connectivity index (χ0n) is 11.3. The summed E-state index contributed by atoms with van der Waals surface area (Å²) in [5.74, 6) is -1.59. The summed E-state index contributed by atoms with van der Waals surface area (Å²) in [7, 11) is -3.08. The number of benzene rings is 1. The minimum atomic E-state index is -3.08. The van der Waals surface area contributed by atoms with Gasteiger partial charge in [0.1, 0.15) is 0 Å². The quantitative estimate of drug-likeness (QED) is 0.866. The van der Waals surface area contributed by atoms with Gasteiger partial charge in [-0.2, -0.15) is 0 Å². The molecule has 112 valence electrons. The van der Waals surface area contributed by atoms with Gasteiger partial charge in [-0.1, -0.05) is 6.07 Å². The van der Waals surface area contributed by atoms with Crippen LogP contribution in [0.4, 0.5) is 0 Å². The van der Waals surface area contributed by atoms with E-state index in [4.69, 9.17) is 5.11 Å². The van der Waals surface area contributed by atoms with Crippen molar-refractivity contribution in [3.8, 4) is 0 Å². The number of carboxylic acid groups (broad SMARTS) is 1. The summed E-state index contributed by atoms with van der Waals surface area (Å²) >= 11 is 0. The molecule has 3 rings (SSSR count). The first-order chi connectivity index (χ1) is 9.85. The van der Waals surface area contributed by atoms with Gasteiger partial charge in [-0.05, 0) is 29.7 Å². The molecule has 1 aromatic carbocycles. The second-order valence-corrected chi connectivity index (χ2v) is 7.81. The number of carbonyl (C=O) groups excluding carboxylic acids is 1. The highest BCUT2D eigenvalue weighted by atomic mass is 32.2. The van der Waals surface area contributed by atoms with Crippen molar-refractivity contribution in [3.05, 3.63) is 34.9 Å². The number of aromatic carboxylic acids is 1. The Morgan fingerprint density at radius 3 is 2.52 bits per heavy atom. The highest BCUT2D eigenvalue weighted by molar-refractivity contribution is 7.91. The Labute approximate surface area is 122 Å². The molecule has 2 aliphatic heterocycles. The number of fused-ring (bicyclic) bond motifs is 1. The first kappa shape index (κ1) is 14.1. The fourth-order valence-electron chi connectivity index (χ4n) is 2.93. The third-order valence-corrected chi connectivity index (χ3v) is 5.84. The summed E-state index contributed by atoms with van der Waals surface area (Å²) in [4.78, 5) is 24.9. The molecule has 0 bridgehead atoms. The van der Waals surface area contributed by atoms with Gasteiger partial charge in [-0.3, -0.25) is 4.79 Å². The van der Waals surface area contributed by atoms with Gasteiger partial charge in [0.05, 0.1) is 23.0 Å². The maximum atomic E-state index is 12.4. The van der Waals surface area contributed by atoms with Gasteiger partial charge in [0, 0.05) is 13.1 Å². The fraction of sp³-hybridized carbons (Fsp3) is 0.429. The molecule has 1 atom stereocenters. The molecule has 2 aliphatic rings. The van der Waals surface area contributed by atoms with Crippen LogP contribution in [-0.4, -0.2) is 41.8 Å². The summed E-state index contributed by atoms with van der Waals surface area (Å²) in [5, 5.41) is 8.97. The molecule has 0 aromatic heterocycles. The van der Waals surface area contributed by atoms with Crippen molar-refractivity contribution in [1.29, 1.82) is 0 Å². The molecule has 0 radical (unpaired) electrons. The van der Waals surface area contributed by atoms with E-state index >= 15 is 0 Å². The minimum absolute atomic E-state index is 0.0704. The van der Waals surface area contributed by atoms with E-state index < -0.39 is 21.7 Å². The van der Waals surface area contributed by atoms with E-state index in [1.165, 1.54) is 6.07 Å². The molecule has 1 unspecified atom stereocenters. The van der Waals surface area contributed by atoms with Crippen molar-refractivity contribution in [2.24, 2.45) is 5.92 Å². The lowest BCUT2D eigenvalue weighted by molar-refractivity contribution is -0.135. The fourth-order valence-corrected chi connectivity index (χ4v) is 4.66. The third-order valence-electron chi connectivity index (χ3n) is 4.07. The molecule has 6 nitrogen and oxygen atoms in total. The van der Waals surface area contributed by atoms with Gasteiger partial charge in [-0.15, -0.1) is 0 Å². The van der Waals surface area contributed by atoms with Crippen LogP contribution < -0.4 is 0 Å². The zero-order valence-corrected chi connectivity index (χ0v) is 12.1. The largest absolute Gasteiger partial charge is 0.478 e. The standard InChI is InChI=1S/C14H15NO5S/c16-13(11-3-4-21(19,20)8-11)15-6-10-2-1-9(14(17)18)5-12(10)7-15/h1-2,5,11H,3-4,6-8H2,(H,17,18). The van der Waals surface area contributed by atoms with Crippen LogP contribution in [-0.2, 0) is 27.7 Å². The van der Waals surface area contributed by atoms with E-state index in [2.05, 4.69) is 0 Å². The number of hydrogen-bond donors (Lipinski definition) is 1. The molecule has 1 N–H and O–H groups in total. The second-order valence-electron chi connectivity index (χ2n) is 5.58. The SMILES string of the molecule is O=C(O)c1ccc2c(c1)CN(C(=O)C1CCS(=O)(=O)C1)C2. The number of amides is 1. The number of nitrogens with zero attached hydrogens (tertiary/aromatic N) is 1. The maximum Gasteiger partial charge on any atom is 0.335 e. The molecule has 21 heavy (non-hydrogen) atoms. The lowest BCUT2D eigenvalue weighted by Crippen LogP contribution is -2.32. The summed E-state index contributed by atoms with van der Waals surface area (Å²) < 4.78 is 22.9. The van der Waals surface area contributed by atoms with Crippen LogP contribution in [0, 0.1) is 5.92 Å².